The van der Waals surface area contributed by atoms with Gasteiger partial charge in [0.25, 0.3) is 0 Å². The lowest BCUT2D eigenvalue weighted by Crippen LogP contribution is -2.34. The maximum Gasteiger partial charge on any atom is 0.319 e. The minimum atomic E-state index is -0.231. The molecule has 0 aliphatic carbocycles. The van der Waals surface area contributed by atoms with E-state index in [1.807, 2.05) is 38.1 Å². The summed E-state index contributed by atoms with van der Waals surface area (Å²) in [5.41, 5.74) is 3.39. The van der Waals surface area contributed by atoms with Crippen LogP contribution < -0.4 is 16.0 Å². The molecule has 6 nitrogen and oxygen atoms in total. The molecule has 1 heterocycles. The Morgan fingerprint density at radius 2 is 1.96 bits per heavy atom. The van der Waals surface area contributed by atoms with E-state index in [0.29, 0.717) is 18.7 Å². The number of nitrogens with one attached hydrogen (secondary N) is 3. The fourth-order valence-corrected chi connectivity index (χ4v) is 2.48. The molecule has 122 valence electrons. The van der Waals surface area contributed by atoms with Crippen LogP contribution in [0.3, 0.4) is 0 Å². The van der Waals surface area contributed by atoms with Crippen LogP contribution in [0.15, 0.2) is 36.0 Å². The van der Waals surface area contributed by atoms with Crippen molar-refractivity contribution in [2.24, 2.45) is 0 Å². The summed E-state index contributed by atoms with van der Waals surface area (Å²) in [5, 5.41) is 8.37. The lowest BCUT2D eigenvalue weighted by atomic mass is 10.2. The molecule has 0 atom stereocenters. The second kappa shape index (κ2) is 8.28. The smallest absolute Gasteiger partial charge is 0.319 e. The molecule has 0 bridgehead atoms. The van der Waals surface area contributed by atoms with Crippen LogP contribution in [-0.4, -0.2) is 23.0 Å². The van der Waals surface area contributed by atoms with Crippen molar-refractivity contribution in [2.45, 2.75) is 32.9 Å². The van der Waals surface area contributed by atoms with Gasteiger partial charge in [-0.05, 0) is 31.5 Å². The Balaban J connectivity index is 1.78. The van der Waals surface area contributed by atoms with Crippen molar-refractivity contribution < 1.29 is 9.59 Å². The van der Waals surface area contributed by atoms with Crippen LogP contribution >= 0.6 is 11.3 Å². The molecule has 0 saturated carbocycles. The van der Waals surface area contributed by atoms with Gasteiger partial charge in [-0.1, -0.05) is 12.1 Å². The molecule has 23 heavy (non-hydrogen) atoms. The zero-order chi connectivity index (χ0) is 16.7. The first-order valence-electron chi connectivity index (χ1n) is 7.33. The number of nitrogens with zero attached hydrogens (tertiary/aromatic N) is 1. The molecule has 0 aliphatic rings. The van der Waals surface area contributed by atoms with E-state index < -0.39 is 0 Å². The topological polar surface area (TPSA) is 83.1 Å². The SMILES string of the molecule is CC(C)NC(=O)Nc1ccc(CNC(=O)Cc2cncs2)cc1. The molecule has 3 amide bonds. The van der Waals surface area contributed by atoms with Crippen molar-refractivity contribution in [2.75, 3.05) is 5.32 Å². The van der Waals surface area contributed by atoms with E-state index in [9.17, 15) is 9.59 Å². The Bertz CT molecular complexity index is 639. The number of rotatable bonds is 6. The average Bonchev–Trinajstić information content (AvgIpc) is 2.98. The Kier molecular flexibility index (Phi) is 6.10. The first kappa shape index (κ1) is 17.0. The van der Waals surface area contributed by atoms with E-state index in [1.54, 1.807) is 11.7 Å². The Morgan fingerprint density at radius 1 is 1.22 bits per heavy atom. The molecule has 1 aromatic carbocycles. The van der Waals surface area contributed by atoms with Gasteiger partial charge in [0, 0.05) is 29.3 Å². The van der Waals surface area contributed by atoms with Gasteiger partial charge in [0.1, 0.15) is 0 Å². The van der Waals surface area contributed by atoms with Crippen LogP contribution in [0.25, 0.3) is 0 Å². The number of aromatic nitrogens is 1. The fraction of sp³-hybridized carbons (Fsp3) is 0.312. The van der Waals surface area contributed by atoms with Crippen LogP contribution in [-0.2, 0) is 17.8 Å². The second-order valence-electron chi connectivity index (χ2n) is 5.37. The minimum Gasteiger partial charge on any atom is -0.352 e. The third-order valence-electron chi connectivity index (χ3n) is 2.94. The van der Waals surface area contributed by atoms with Gasteiger partial charge >= 0.3 is 6.03 Å². The highest BCUT2D eigenvalue weighted by Gasteiger charge is 2.06. The third kappa shape index (κ3) is 6.07. The normalized spacial score (nSPS) is 10.4. The molecule has 2 aromatic rings. The highest BCUT2D eigenvalue weighted by molar-refractivity contribution is 7.09. The van der Waals surface area contributed by atoms with Gasteiger partial charge in [-0.2, -0.15) is 0 Å². The molecule has 1 aromatic heterocycles. The zero-order valence-corrected chi connectivity index (χ0v) is 13.9. The first-order chi connectivity index (χ1) is 11.0. The number of thiazole rings is 1. The summed E-state index contributed by atoms with van der Waals surface area (Å²) in [6, 6.07) is 7.22. The predicted octanol–water partition coefficient (Wildman–Crippen LogP) is 2.53. The highest BCUT2D eigenvalue weighted by Crippen LogP contribution is 2.10. The molecule has 2 rings (SSSR count). The Morgan fingerprint density at radius 3 is 2.57 bits per heavy atom. The quantitative estimate of drug-likeness (QED) is 0.760. The number of urea groups is 1. The van der Waals surface area contributed by atoms with Crippen molar-refractivity contribution in [1.82, 2.24) is 15.6 Å². The second-order valence-corrected chi connectivity index (χ2v) is 6.34. The van der Waals surface area contributed by atoms with Gasteiger partial charge in [0.2, 0.25) is 5.91 Å². The van der Waals surface area contributed by atoms with Crippen LogP contribution in [0.1, 0.15) is 24.3 Å². The largest absolute Gasteiger partial charge is 0.352 e. The number of amides is 3. The highest BCUT2D eigenvalue weighted by atomic mass is 32.1. The van der Waals surface area contributed by atoms with Gasteiger partial charge in [0.05, 0.1) is 11.9 Å². The fourth-order valence-electron chi connectivity index (χ4n) is 1.89. The number of carbonyl (C=O) groups is 2. The maximum absolute atomic E-state index is 11.8. The van der Waals surface area contributed by atoms with Gasteiger partial charge in [-0.15, -0.1) is 11.3 Å². The maximum atomic E-state index is 11.8. The van der Waals surface area contributed by atoms with Crippen molar-refractivity contribution >= 4 is 29.0 Å². The molecule has 7 heteroatoms. The molecule has 0 unspecified atom stereocenters. The Labute approximate surface area is 139 Å². The van der Waals surface area contributed by atoms with E-state index in [1.165, 1.54) is 11.3 Å². The summed E-state index contributed by atoms with van der Waals surface area (Å²) in [4.78, 5) is 28.3. The van der Waals surface area contributed by atoms with E-state index in [0.717, 1.165) is 10.4 Å². The van der Waals surface area contributed by atoms with Gasteiger partial charge in [-0.25, -0.2) is 4.79 Å². The average molecular weight is 332 g/mol. The van der Waals surface area contributed by atoms with Crippen molar-refractivity contribution in [3.63, 3.8) is 0 Å². The molecule has 3 N–H and O–H groups in total. The number of benzene rings is 1. The predicted molar refractivity (Wildman–Crippen MR) is 91.4 cm³/mol. The monoisotopic (exact) mass is 332 g/mol. The molecule has 0 aliphatic heterocycles. The van der Waals surface area contributed by atoms with Gasteiger partial charge in [-0.3, -0.25) is 9.78 Å². The van der Waals surface area contributed by atoms with E-state index in [4.69, 9.17) is 0 Å². The molecular weight excluding hydrogens is 312 g/mol. The van der Waals surface area contributed by atoms with E-state index in [2.05, 4.69) is 20.9 Å². The lowest BCUT2D eigenvalue weighted by molar-refractivity contribution is -0.120. The minimum absolute atomic E-state index is 0.0345. The third-order valence-corrected chi connectivity index (χ3v) is 3.72. The summed E-state index contributed by atoms with van der Waals surface area (Å²) in [7, 11) is 0. The molecule has 0 fully saturated rings. The van der Waals surface area contributed by atoms with Crippen LogP contribution in [0.2, 0.25) is 0 Å². The van der Waals surface area contributed by atoms with Gasteiger partial charge in [0.15, 0.2) is 0 Å². The molecular formula is C16H20N4O2S. The lowest BCUT2D eigenvalue weighted by Gasteiger charge is -2.10. The summed E-state index contributed by atoms with van der Waals surface area (Å²) in [6.45, 7) is 4.26. The molecule has 0 saturated heterocycles. The summed E-state index contributed by atoms with van der Waals surface area (Å²) in [6.07, 6.45) is 2.05. The zero-order valence-electron chi connectivity index (χ0n) is 13.1. The number of hydrogen-bond donors (Lipinski definition) is 3. The first-order valence-corrected chi connectivity index (χ1v) is 8.21. The summed E-state index contributed by atoms with van der Waals surface area (Å²) >= 11 is 1.47. The number of carbonyl (C=O) groups excluding carboxylic acids is 2. The van der Waals surface area contributed by atoms with Crippen LogP contribution in [0.4, 0.5) is 10.5 Å². The van der Waals surface area contributed by atoms with Crippen molar-refractivity contribution in [3.05, 3.63) is 46.4 Å². The number of hydrogen-bond acceptors (Lipinski definition) is 4. The Hall–Kier alpha value is -2.41. The summed E-state index contributed by atoms with van der Waals surface area (Å²) in [5.74, 6) is -0.0345. The molecule has 0 spiro atoms. The van der Waals surface area contributed by atoms with E-state index >= 15 is 0 Å². The van der Waals surface area contributed by atoms with Gasteiger partial charge < -0.3 is 16.0 Å². The van der Waals surface area contributed by atoms with Crippen molar-refractivity contribution in [3.8, 4) is 0 Å². The molecule has 0 radical (unpaired) electrons. The number of anilines is 1. The van der Waals surface area contributed by atoms with E-state index in [-0.39, 0.29) is 18.0 Å². The van der Waals surface area contributed by atoms with Crippen molar-refractivity contribution in [1.29, 1.82) is 0 Å². The standard InChI is InChI=1S/C16H20N4O2S/c1-11(2)19-16(22)20-13-5-3-12(4-6-13)8-18-15(21)7-14-9-17-10-23-14/h3-6,9-11H,7-8H2,1-2H3,(H,18,21)(H2,19,20,22). The van der Waals surface area contributed by atoms with Crippen LogP contribution in [0.5, 0.6) is 0 Å². The van der Waals surface area contributed by atoms with Crippen LogP contribution in [0, 0.1) is 0 Å². The summed E-state index contributed by atoms with van der Waals surface area (Å²) < 4.78 is 0.